The number of hydrogen-bond acceptors (Lipinski definition) is 7. The van der Waals surface area contributed by atoms with E-state index in [0.717, 1.165) is 32.1 Å². The van der Waals surface area contributed by atoms with Crippen LogP contribution in [0.1, 0.15) is 55.2 Å². The van der Waals surface area contributed by atoms with Crippen molar-refractivity contribution in [3.8, 4) is 10.7 Å². The van der Waals surface area contributed by atoms with Crippen LogP contribution in [-0.2, 0) is 14.8 Å². The predicted molar refractivity (Wildman–Crippen MR) is 107 cm³/mol. The van der Waals surface area contributed by atoms with Gasteiger partial charge in [-0.3, -0.25) is 4.79 Å². The minimum atomic E-state index is -3.68. The van der Waals surface area contributed by atoms with Gasteiger partial charge >= 0.3 is 0 Å². The molecule has 29 heavy (non-hydrogen) atoms. The van der Waals surface area contributed by atoms with E-state index in [1.165, 1.54) is 15.6 Å². The highest BCUT2D eigenvalue weighted by Gasteiger charge is 2.37. The summed E-state index contributed by atoms with van der Waals surface area (Å²) in [6.45, 7) is 2.47. The maximum Gasteiger partial charge on any atom is 0.244 e. The van der Waals surface area contributed by atoms with Crippen molar-refractivity contribution in [1.29, 1.82) is 0 Å². The fourth-order valence-corrected chi connectivity index (χ4v) is 6.73. The number of nitrogens with one attached hydrogen (secondary N) is 1. The molecule has 10 heteroatoms. The van der Waals surface area contributed by atoms with E-state index in [9.17, 15) is 13.2 Å². The zero-order valence-corrected chi connectivity index (χ0v) is 17.9. The van der Waals surface area contributed by atoms with Crippen LogP contribution >= 0.6 is 11.3 Å². The van der Waals surface area contributed by atoms with Gasteiger partial charge in [-0.2, -0.15) is 9.29 Å². The second-order valence-corrected chi connectivity index (χ2v) is 11.4. The molecule has 0 unspecified atom stereocenters. The van der Waals surface area contributed by atoms with Crippen LogP contribution in [0.3, 0.4) is 0 Å². The number of rotatable bonds is 6. The molecule has 3 aliphatic rings. The van der Waals surface area contributed by atoms with Crippen molar-refractivity contribution in [2.45, 2.75) is 62.3 Å². The third-order valence-corrected chi connectivity index (χ3v) is 8.92. The lowest BCUT2D eigenvalue weighted by Crippen LogP contribution is -2.45. The molecule has 0 radical (unpaired) electrons. The molecule has 5 rings (SSSR count). The van der Waals surface area contributed by atoms with E-state index >= 15 is 0 Å². The lowest BCUT2D eigenvalue weighted by atomic mass is 9.99. The SMILES string of the molecule is Cc1sc(-c2noc(C3CC3)n2)cc1S(=O)(=O)N1CCC[C@H](C(=O)NC2CC2)C1. The molecule has 2 aromatic rings. The largest absolute Gasteiger partial charge is 0.353 e. The minimum absolute atomic E-state index is 0.0190. The number of aryl methyl sites for hydroxylation is 1. The number of amides is 1. The molecular formula is C19H24N4O4S2. The van der Waals surface area contributed by atoms with Gasteiger partial charge in [-0.15, -0.1) is 11.3 Å². The predicted octanol–water partition coefficient (Wildman–Crippen LogP) is 2.66. The Morgan fingerprint density at radius 3 is 2.79 bits per heavy atom. The summed E-state index contributed by atoms with van der Waals surface area (Å²) in [5, 5.41) is 7.03. The van der Waals surface area contributed by atoms with E-state index < -0.39 is 10.0 Å². The number of carbonyl (C=O) groups is 1. The van der Waals surface area contributed by atoms with Crippen LogP contribution in [0.15, 0.2) is 15.5 Å². The zero-order chi connectivity index (χ0) is 20.2. The summed E-state index contributed by atoms with van der Waals surface area (Å²) < 4.78 is 33.4. The van der Waals surface area contributed by atoms with Crippen molar-refractivity contribution in [1.82, 2.24) is 19.8 Å². The lowest BCUT2D eigenvalue weighted by Gasteiger charge is -2.31. The molecule has 156 valence electrons. The van der Waals surface area contributed by atoms with Gasteiger partial charge in [0.05, 0.1) is 15.7 Å². The minimum Gasteiger partial charge on any atom is -0.353 e. The molecule has 0 spiro atoms. The number of carbonyl (C=O) groups excluding carboxylic acids is 1. The average Bonchev–Trinajstić information content (AvgIpc) is 3.63. The van der Waals surface area contributed by atoms with Crippen LogP contribution in [0.5, 0.6) is 0 Å². The van der Waals surface area contributed by atoms with Gasteiger partial charge in [0, 0.05) is 29.9 Å². The van der Waals surface area contributed by atoms with Gasteiger partial charge in [0.15, 0.2) is 0 Å². The van der Waals surface area contributed by atoms with Gasteiger partial charge in [0.25, 0.3) is 0 Å². The fraction of sp³-hybridized carbons (Fsp3) is 0.632. The Kier molecular flexibility index (Phi) is 4.75. The number of nitrogens with zero attached hydrogens (tertiary/aromatic N) is 3. The number of sulfonamides is 1. The molecular weight excluding hydrogens is 412 g/mol. The molecule has 3 heterocycles. The van der Waals surface area contributed by atoms with Crippen molar-refractivity contribution in [2.24, 2.45) is 5.92 Å². The lowest BCUT2D eigenvalue weighted by molar-refractivity contribution is -0.126. The maximum atomic E-state index is 13.3. The van der Waals surface area contributed by atoms with Gasteiger partial charge in [-0.05, 0) is 51.5 Å². The smallest absolute Gasteiger partial charge is 0.244 e. The summed E-state index contributed by atoms with van der Waals surface area (Å²) in [7, 11) is -3.68. The molecule has 1 N–H and O–H groups in total. The monoisotopic (exact) mass is 436 g/mol. The first-order valence-corrected chi connectivity index (χ1v) is 12.4. The van der Waals surface area contributed by atoms with Crippen molar-refractivity contribution in [3.63, 3.8) is 0 Å². The number of hydrogen-bond donors (Lipinski definition) is 1. The summed E-state index contributed by atoms with van der Waals surface area (Å²) in [5.74, 6) is 1.13. The summed E-state index contributed by atoms with van der Waals surface area (Å²) in [5.41, 5.74) is 0. The zero-order valence-electron chi connectivity index (χ0n) is 16.3. The highest BCUT2D eigenvalue weighted by Crippen LogP contribution is 2.41. The molecule has 2 aromatic heterocycles. The third-order valence-electron chi connectivity index (χ3n) is 5.76. The first kappa shape index (κ1) is 19.2. The molecule has 2 saturated carbocycles. The molecule has 1 amide bonds. The molecule has 1 saturated heterocycles. The number of piperidine rings is 1. The first-order chi connectivity index (χ1) is 13.9. The summed E-state index contributed by atoms with van der Waals surface area (Å²) in [4.78, 5) is 18.5. The van der Waals surface area contributed by atoms with E-state index in [-0.39, 0.29) is 29.3 Å². The summed E-state index contributed by atoms with van der Waals surface area (Å²) >= 11 is 1.36. The Morgan fingerprint density at radius 2 is 2.07 bits per heavy atom. The van der Waals surface area contributed by atoms with E-state index in [2.05, 4.69) is 15.5 Å². The van der Waals surface area contributed by atoms with Crippen molar-refractivity contribution in [3.05, 3.63) is 16.8 Å². The second kappa shape index (κ2) is 7.17. The quantitative estimate of drug-likeness (QED) is 0.746. The third kappa shape index (κ3) is 3.85. The molecule has 3 fully saturated rings. The van der Waals surface area contributed by atoms with Crippen molar-refractivity contribution in [2.75, 3.05) is 13.1 Å². The van der Waals surface area contributed by atoms with Crippen molar-refractivity contribution >= 4 is 27.3 Å². The fourth-order valence-electron chi connectivity index (χ4n) is 3.72. The van der Waals surface area contributed by atoms with Gasteiger partial charge in [-0.1, -0.05) is 5.16 Å². The van der Waals surface area contributed by atoms with Crippen LogP contribution < -0.4 is 5.32 Å². The average molecular weight is 437 g/mol. The molecule has 8 nitrogen and oxygen atoms in total. The van der Waals surface area contributed by atoms with E-state index in [1.807, 2.05) is 0 Å². The second-order valence-electron chi connectivity index (χ2n) is 8.25. The van der Waals surface area contributed by atoms with Crippen molar-refractivity contribution < 1.29 is 17.7 Å². The number of aromatic nitrogens is 2. The Balaban J connectivity index is 1.35. The molecule has 0 bridgehead atoms. The Bertz CT molecular complexity index is 1040. The van der Waals surface area contributed by atoms with E-state index in [4.69, 9.17) is 4.52 Å². The van der Waals surface area contributed by atoms with Crippen LogP contribution in [0.4, 0.5) is 0 Å². The van der Waals surface area contributed by atoms with E-state index in [1.54, 1.807) is 13.0 Å². The Morgan fingerprint density at radius 1 is 1.28 bits per heavy atom. The highest BCUT2D eigenvalue weighted by atomic mass is 32.2. The first-order valence-electron chi connectivity index (χ1n) is 10.2. The van der Waals surface area contributed by atoms with Gasteiger partial charge in [-0.25, -0.2) is 8.42 Å². The number of thiophene rings is 1. The Labute approximate surface area is 173 Å². The Hall–Kier alpha value is -1.78. The highest BCUT2D eigenvalue weighted by molar-refractivity contribution is 7.89. The van der Waals surface area contributed by atoms with Crippen LogP contribution in [0.2, 0.25) is 0 Å². The van der Waals surface area contributed by atoms with Crippen LogP contribution in [0, 0.1) is 12.8 Å². The van der Waals surface area contributed by atoms with Crippen LogP contribution in [-0.4, -0.2) is 47.9 Å². The molecule has 0 aromatic carbocycles. The van der Waals surface area contributed by atoms with Gasteiger partial charge < -0.3 is 9.84 Å². The maximum absolute atomic E-state index is 13.3. The normalized spacial score (nSPS) is 23.3. The topological polar surface area (TPSA) is 105 Å². The van der Waals surface area contributed by atoms with Gasteiger partial charge in [0.1, 0.15) is 0 Å². The van der Waals surface area contributed by atoms with E-state index in [0.29, 0.717) is 40.4 Å². The standard InChI is InChI=1S/C19H24N4O4S2/c1-11-16(9-15(28-11)17-21-19(27-22-17)12-4-5-12)29(25,26)23-8-2-3-13(10-23)18(24)20-14-6-7-14/h9,12-14H,2-8,10H2,1H3,(H,20,24)/t13-/m0/s1. The summed E-state index contributed by atoms with van der Waals surface area (Å²) in [6, 6.07) is 1.93. The molecule has 1 aliphatic heterocycles. The molecule has 2 aliphatic carbocycles. The summed E-state index contributed by atoms with van der Waals surface area (Å²) in [6.07, 6.45) is 5.59. The van der Waals surface area contributed by atoms with Gasteiger partial charge in [0.2, 0.25) is 27.6 Å². The van der Waals surface area contributed by atoms with Crippen LogP contribution in [0.25, 0.3) is 10.7 Å². The molecule has 1 atom stereocenters.